The summed E-state index contributed by atoms with van der Waals surface area (Å²) < 4.78 is 32.8. The summed E-state index contributed by atoms with van der Waals surface area (Å²) in [7, 11) is -2.12. The second-order valence-electron chi connectivity index (χ2n) is 5.69. The lowest BCUT2D eigenvalue weighted by Gasteiger charge is -2.17. The highest BCUT2D eigenvalue weighted by Gasteiger charge is 2.26. The van der Waals surface area contributed by atoms with Gasteiger partial charge in [-0.25, -0.2) is 13.2 Å². The van der Waals surface area contributed by atoms with Crippen LogP contribution in [0.15, 0.2) is 34.7 Å². The number of nitrogens with zero attached hydrogens (tertiary/aromatic N) is 2. The van der Waals surface area contributed by atoms with Gasteiger partial charge in [0, 0.05) is 31.2 Å². The van der Waals surface area contributed by atoms with Crippen LogP contribution in [-0.2, 0) is 33.1 Å². The van der Waals surface area contributed by atoms with Gasteiger partial charge in [0.15, 0.2) is 6.61 Å². The number of ether oxygens (including phenoxy) is 1. The lowest BCUT2D eigenvalue weighted by atomic mass is 10.4. The van der Waals surface area contributed by atoms with Crippen molar-refractivity contribution in [2.45, 2.75) is 25.3 Å². The molecule has 0 saturated carbocycles. The fraction of sp³-hybridized carbons (Fsp3) is 0.412. The van der Waals surface area contributed by atoms with Crippen LogP contribution in [0.3, 0.4) is 0 Å². The molecule has 0 aliphatic rings. The number of sulfonamides is 1. The average Bonchev–Trinajstić information content (AvgIpc) is 3.28. The number of carbonyl (C=O) groups excluding carboxylic acids is 2. The minimum Gasteiger partial charge on any atom is -0.451 e. The van der Waals surface area contributed by atoms with Crippen LogP contribution in [0.5, 0.6) is 0 Å². The summed E-state index contributed by atoms with van der Waals surface area (Å²) in [5.41, 5.74) is 0.0618. The Labute approximate surface area is 162 Å². The van der Waals surface area contributed by atoms with Crippen molar-refractivity contribution in [1.29, 1.82) is 0 Å². The first-order valence-electron chi connectivity index (χ1n) is 8.42. The van der Waals surface area contributed by atoms with Crippen LogP contribution < -0.4 is 5.32 Å². The number of esters is 1. The Balaban J connectivity index is 1.98. The Bertz CT molecular complexity index is 884. The smallest absolute Gasteiger partial charge is 0.355 e. The van der Waals surface area contributed by atoms with Crippen molar-refractivity contribution in [3.05, 3.63) is 40.3 Å². The SMILES string of the molecule is CCN(CC)S(=O)(=O)c1cc(C(=O)OCC(=O)NCc2cccs2)n(C)c1. The second-order valence-corrected chi connectivity index (χ2v) is 8.66. The fourth-order valence-corrected chi connectivity index (χ4v) is 4.62. The lowest BCUT2D eigenvalue weighted by Crippen LogP contribution is -2.30. The number of nitrogens with one attached hydrogen (secondary N) is 1. The van der Waals surface area contributed by atoms with E-state index < -0.39 is 28.5 Å². The minimum atomic E-state index is -3.67. The van der Waals surface area contributed by atoms with Gasteiger partial charge in [0.2, 0.25) is 10.0 Å². The molecule has 2 aromatic rings. The third-order valence-electron chi connectivity index (χ3n) is 3.91. The normalized spacial score (nSPS) is 11.6. The van der Waals surface area contributed by atoms with Crippen molar-refractivity contribution in [1.82, 2.24) is 14.2 Å². The van der Waals surface area contributed by atoms with E-state index in [9.17, 15) is 18.0 Å². The maximum atomic E-state index is 12.5. The molecule has 148 valence electrons. The number of thiophene rings is 1. The van der Waals surface area contributed by atoms with Crippen LogP contribution in [0.25, 0.3) is 0 Å². The highest BCUT2D eigenvalue weighted by molar-refractivity contribution is 7.89. The third kappa shape index (κ3) is 5.18. The molecule has 0 unspecified atom stereocenters. The lowest BCUT2D eigenvalue weighted by molar-refractivity contribution is -0.124. The zero-order valence-corrected chi connectivity index (χ0v) is 17.1. The average molecular weight is 414 g/mol. The second kappa shape index (κ2) is 9.16. The third-order valence-corrected chi connectivity index (χ3v) is 6.80. The number of hydrogen-bond donors (Lipinski definition) is 1. The van der Waals surface area contributed by atoms with E-state index in [1.54, 1.807) is 20.9 Å². The number of carbonyl (C=O) groups is 2. The van der Waals surface area contributed by atoms with Crippen LogP contribution in [0.4, 0.5) is 0 Å². The highest BCUT2D eigenvalue weighted by Crippen LogP contribution is 2.19. The number of aromatic nitrogens is 1. The van der Waals surface area contributed by atoms with E-state index in [1.807, 2.05) is 17.5 Å². The van der Waals surface area contributed by atoms with Crippen LogP contribution in [0.1, 0.15) is 29.2 Å². The molecule has 0 bridgehead atoms. The van der Waals surface area contributed by atoms with E-state index in [1.165, 1.54) is 32.5 Å². The van der Waals surface area contributed by atoms with Gasteiger partial charge in [-0.3, -0.25) is 4.79 Å². The van der Waals surface area contributed by atoms with Gasteiger partial charge in [-0.05, 0) is 17.5 Å². The molecule has 10 heteroatoms. The fourth-order valence-electron chi connectivity index (χ4n) is 2.45. The molecular weight excluding hydrogens is 390 g/mol. The van der Waals surface area contributed by atoms with E-state index in [4.69, 9.17) is 4.74 Å². The van der Waals surface area contributed by atoms with Crippen LogP contribution in [0.2, 0.25) is 0 Å². The Kier molecular flexibility index (Phi) is 7.17. The molecule has 27 heavy (non-hydrogen) atoms. The van der Waals surface area contributed by atoms with Crippen LogP contribution >= 0.6 is 11.3 Å². The van der Waals surface area contributed by atoms with E-state index in [2.05, 4.69) is 5.32 Å². The molecule has 2 aromatic heterocycles. The predicted octanol–water partition coefficient (Wildman–Crippen LogP) is 1.59. The van der Waals surface area contributed by atoms with E-state index in [0.717, 1.165) is 4.88 Å². The number of aryl methyl sites for hydroxylation is 1. The molecule has 0 spiro atoms. The maximum Gasteiger partial charge on any atom is 0.355 e. The molecule has 1 N–H and O–H groups in total. The quantitative estimate of drug-likeness (QED) is 0.630. The molecule has 8 nitrogen and oxygen atoms in total. The highest BCUT2D eigenvalue weighted by atomic mass is 32.2. The molecular formula is C17H23N3O5S2. The van der Waals surface area contributed by atoms with E-state index >= 15 is 0 Å². The van der Waals surface area contributed by atoms with Gasteiger partial charge in [0.25, 0.3) is 5.91 Å². The van der Waals surface area contributed by atoms with Crippen molar-refractivity contribution < 1.29 is 22.7 Å². The molecule has 0 saturated heterocycles. The van der Waals surface area contributed by atoms with Gasteiger partial charge >= 0.3 is 5.97 Å². The minimum absolute atomic E-state index is 0.0165. The monoisotopic (exact) mass is 413 g/mol. The molecule has 2 rings (SSSR count). The zero-order valence-electron chi connectivity index (χ0n) is 15.5. The van der Waals surface area contributed by atoms with Crippen molar-refractivity contribution in [2.75, 3.05) is 19.7 Å². The first kappa shape index (κ1) is 21.1. The van der Waals surface area contributed by atoms with Gasteiger partial charge in [-0.1, -0.05) is 19.9 Å². The van der Waals surface area contributed by atoms with Gasteiger partial charge in [0.05, 0.1) is 6.54 Å². The molecule has 0 aliphatic heterocycles. The summed E-state index contributed by atoms with van der Waals surface area (Å²) in [5.74, 6) is -1.19. The Morgan fingerprint density at radius 2 is 2.00 bits per heavy atom. The number of amides is 1. The largest absolute Gasteiger partial charge is 0.451 e. The van der Waals surface area contributed by atoms with Crippen molar-refractivity contribution in [3.8, 4) is 0 Å². The number of rotatable bonds is 9. The first-order chi connectivity index (χ1) is 12.8. The molecule has 0 aliphatic carbocycles. The standard InChI is InChI=1S/C17H23N3O5S2/c1-4-20(5-2)27(23,24)14-9-15(19(3)11-14)17(22)25-12-16(21)18-10-13-7-6-8-26-13/h6-9,11H,4-5,10,12H2,1-3H3,(H,18,21). The predicted molar refractivity (Wildman–Crippen MR) is 102 cm³/mol. The Morgan fingerprint density at radius 1 is 1.30 bits per heavy atom. The Hall–Kier alpha value is -2.17. The van der Waals surface area contributed by atoms with Crippen molar-refractivity contribution >= 4 is 33.2 Å². The van der Waals surface area contributed by atoms with Gasteiger partial charge in [-0.2, -0.15) is 4.31 Å². The van der Waals surface area contributed by atoms with Crippen molar-refractivity contribution in [2.24, 2.45) is 7.05 Å². The summed E-state index contributed by atoms with van der Waals surface area (Å²) in [6, 6.07) is 5.03. The van der Waals surface area contributed by atoms with E-state index in [-0.39, 0.29) is 10.6 Å². The van der Waals surface area contributed by atoms with Gasteiger partial charge in [-0.15, -0.1) is 11.3 Å². The van der Waals surface area contributed by atoms with Crippen molar-refractivity contribution in [3.63, 3.8) is 0 Å². The Morgan fingerprint density at radius 3 is 2.59 bits per heavy atom. The molecule has 0 radical (unpaired) electrons. The maximum absolute atomic E-state index is 12.5. The topological polar surface area (TPSA) is 97.7 Å². The summed E-state index contributed by atoms with van der Waals surface area (Å²) in [4.78, 5) is 25.0. The summed E-state index contributed by atoms with van der Waals surface area (Å²) >= 11 is 1.51. The molecule has 1 amide bonds. The number of hydrogen-bond acceptors (Lipinski definition) is 6. The molecule has 2 heterocycles. The first-order valence-corrected chi connectivity index (χ1v) is 10.7. The summed E-state index contributed by atoms with van der Waals surface area (Å²) in [6.45, 7) is 4.08. The summed E-state index contributed by atoms with van der Waals surface area (Å²) in [5, 5.41) is 4.55. The van der Waals surface area contributed by atoms with E-state index in [0.29, 0.717) is 19.6 Å². The van der Waals surface area contributed by atoms with Gasteiger partial charge < -0.3 is 14.6 Å². The summed E-state index contributed by atoms with van der Waals surface area (Å²) in [6.07, 6.45) is 1.36. The molecule has 0 fully saturated rings. The molecule has 0 aromatic carbocycles. The zero-order chi connectivity index (χ0) is 20.0. The molecule has 0 atom stereocenters. The van der Waals surface area contributed by atoms with Gasteiger partial charge in [0.1, 0.15) is 10.6 Å². The van der Waals surface area contributed by atoms with Crippen LogP contribution in [0, 0.1) is 0 Å². The van der Waals surface area contributed by atoms with Crippen LogP contribution in [-0.4, -0.2) is 48.9 Å².